The van der Waals surface area contributed by atoms with Crippen molar-refractivity contribution in [2.75, 3.05) is 37.1 Å². The summed E-state index contributed by atoms with van der Waals surface area (Å²) in [7, 11) is -3.52. The van der Waals surface area contributed by atoms with Gasteiger partial charge in [0.1, 0.15) is 5.82 Å². The van der Waals surface area contributed by atoms with Gasteiger partial charge in [-0.25, -0.2) is 4.98 Å². The molecule has 0 radical (unpaired) electrons. The maximum Gasteiger partial charge on any atom is 0.494 e. The highest BCUT2D eigenvalue weighted by Crippen LogP contribution is 2.38. The number of nitriles is 1. The normalized spacial score (nSPS) is 21.1. The average molecular weight is 634 g/mol. The van der Waals surface area contributed by atoms with Crippen LogP contribution in [0, 0.1) is 29.6 Å². The number of hydrogen-bond donors (Lipinski definition) is 2. The number of ether oxygens (including phenoxy) is 1. The van der Waals surface area contributed by atoms with Crippen molar-refractivity contribution in [3.05, 3.63) is 35.0 Å². The molecule has 2 aliphatic heterocycles. The van der Waals surface area contributed by atoms with Crippen LogP contribution in [0.4, 0.5) is 30.6 Å². The molecule has 2 aliphatic rings. The van der Waals surface area contributed by atoms with Gasteiger partial charge in [-0.3, -0.25) is 0 Å². The first kappa shape index (κ1) is 34.2. The second-order valence-electron chi connectivity index (χ2n) is 14.0. The first-order valence-corrected chi connectivity index (χ1v) is 17.8. The van der Waals surface area contributed by atoms with E-state index in [-0.39, 0.29) is 59.3 Å². The smallest absolute Gasteiger partial charge is 0.413 e. The van der Waals surface area contributed by atoms with Gasteiger partial charge < -0.3 is 29.1 Å². The van der Waals surface area contributed by atoms with E-state index in [0.29, 0.717) is 31.0 Å². The van der Waals surface area contributed by atoms with Crippen molar-refractivity contribution in [3.63, 3.8) is 0 Å². The monoisotopic (exact) mass is 633 g/mol. The predicted octanol–water partition coefficient (Wildman–Crippen LogP) is 6.18. The van der Waals surface area contributed by atoms with E-state index < -0.39 is 27.2 Å². The molecule has 14 heteroatoms. The predicted molar refractivity (Wildman–Crippen MR) is 167 cm³/mol. The quantitative estimate of drug-likeness (QED) is 0.330. The lowest BCUT2D eigenvalue weighted by Gasteiger charge is -2.37. The summed E-state index contributed by atoms with van der Waals surface area (Å²) in [6.07, 6.45) is -2.52. The first-order chi connectivity index (χ1) is 20.4. The van der Waals surface area contributed by atoms with E-state index in [1.165, 1.54) is 0 Å². The summed E-state index contributed by atoms with van der Waals surface area (Å²) in [5, 5.41) is 15.6. The van der Waals surface area contributed by atoms with Gasteiger partial charge in [0.15, 0.2) is 8.32 Å². The number of benzene rings is 1. The standard InChI is InChI=1S/C30H43BF3N5O4Si/c1-19-14-36-27(39-26(19)38-24-16-40-10-9-20(24)13-35)37-22-11-21(15-43-44(7,8)28(2,3)4)25(23(12-22)30(32,33)34)31-41-17-29(5,6)18-42-31/h11-12,14,20,24H,9-10,15-18H2,1-8H3,(H2,36,37,38,39). The molecule has 0 aliphatic carbocycles. The van der Waals surface area contributed by atoms with E-state index in [9.17, 15) is 18.4 Å². The summed E-state index contributed by atoms with van der Waals surface area (Å²) in [6.45, 7) is 17.4. The number of alkyl halides is 3. The Hall–Kier alpha value is -2.70. The fraction of sp³-hybridized carbons (Fsp3) is 0.633. The van der Waals surface area contributed by atoms with Crippen LogP contribution in [0.5, 0.6) is 0 Å². The molecule has 2 aromatic rings. The molecule has 2 N–H and O–H groups in total. The Morgan fingerprint density at radius 2 is 1.86 bits per heavy atom. The van der Waals surface area contributed by atoms with Gasteiger partial charge in [-0.05, 0) is 49.2 Å². The number of anilines is 3. The van der Waals surface area contributed by atoms with Gasteiger partial charge in [0.25, 0.3) is 0 Å². The van der Waals surface area contributed by atoms with Crippen LogP contribution in [-0.2, 0) is 31.3 Å². The van der Waals surface area contributed by atoms with Crippen LogP contribution in [0.25, 0.3) is 0 Å². The van der Waals surface area contributed by atoms with E-state index in [1.807, 2.05) is 20.8 Å². The molecule has 2 saturated heterocycles. The lowest BCUT2D eigenvalue weighted by Crippen LogP contribution is -2.51. The molecule has 0 saturated carbocycles. The molecule has 2 fully saturated rings. The van der Waals surface area contributed by atoms with Gasteiger partial charge >= 0.3 is 13.3 Å². The van der Waals surface area contributed by atoms with Crippen molar-refractivity contribution < 1.29 is 31.6 Å². The topological polar surface area (TPSA) is 111 Å². The number of aryl methyl sites for hydroxylation is 1. The van der Waals surface area contributed by atoms with Crippen LogP contribution >= 0.6 is 0 Å². The van der Waals surface area contributed by atoms with Gasteiger partial charge in [0.2, 0.25) is 5.95 Å². The van der Waals surface area contributed by atoms with Crippen LogP contribution in [-0.4, -0.2) is 57.9 Å². The van der Waals surface area contributed by atoms with Crippen molar-refractivity contribution in [2.24, 2.45) is 11.3 Å². The second kappa shape index (κ2) is 13.0. The maximum absolute atomic E-state index is 14.7. The molecular formula is C30H43BF3N5O4Si. The Morgan fingerprint density at radius 1 is 1.18 bits per heavy atom. The van der Waals surface area contributed by atoms with Crippen LogP contribution in [0.15, 0.2) is 18.3 Å². The van der Waals surface area contributed by atoms with Gasteiger partial charge in [0.05, 0.1) is 36.8 Å². The third-order valence-corrected chi connectivity index (χ3v) is 13.0. The molecule has 0 bridgehead atoms. The van der Waals surface area contributed by atoms with E-state index >= 15 is 0 Å². The van der Waals surface area contributed by atoms with E-state index in [2.05, 4.69) is 60.5 Å². The maximum atomic E-state index is 14.7. The molecule has 3 heterocycles. The molecule has 240 valence electrons. The summed E-state index contributed by atoms with van der Waals surface area (Å²) >= 11 is 0. The fourth-order valence-corrected chi connectivity index (χ4v) is 5.69. The Morgan fingerprint density at radius 3 is 2.48 bits per heavy atom. The lowest BCUT2D eigenvalue weighted by atomic mass is 9.70. The summed E-state index contributed by atoms with van der Waals surface area (Å²) < 4.78 is 67.9. The third kappa shape index (κ3) is 8.11. The Labute approximate surface area is 259 Å². The minimum absolute atomic E-state index is 0.0458. The average Bonchev–Trinajstić information content (AvgIpc) is 2.93. The number of halogens is 3. The van der Waals surface area contributed by atoms with Crippen molar-refractivity contribution >= 4 is 38.4 Å². The largest absolute Gasteiger partial charge is 0.494 e. The number of rotatable bonds is 8. The summed E-state index contributed by atoms with van der Waals surface area (Å²) in [5.41, 5.74) is -0.0795. The minimum Gasteiger partial charge on any atom is -0.413 e. The summed E-state index contributed by atoms with van der Waals surface area (Å²) in [6, 6.07) is 4.70. The van der Waals surface area contributed by atoms with Gasteiger partial charge in [-0.15, -0.1) is 0 Å². The molecule has 1 aromatic heterocycles. The number of nitrogens with one attached hydrogen (secondary N) is 2. The Bertz CT molecular complexity index is 1370. The number of aromatic nitrogens is 2. The molecule has 2 unspecified atom stereocenters. The zero-order valence-corrected chi connectivity index (χ0v) is 27.8. The second-order valence-corrected chi connectivity index (χ2v) is 18.8. The van der Waals surface area contributed by atoms with Gasteiger partial charge in [-0.2, -0.15) is 23.4 Å². The molecular weight excluding hydrogens is 590 g/mol. The molecule has 2 atom stereocenters. The molecule has 44 heavy (non-hydrogen) atoms. The summed E-state index contributed by atoms with van der Waals surface area (Å²) in [4.78, 5) is 8.86. The van der Waals surface area contributed by atoms with Crippen molar-refractivity contribution in [1.82, 2.24) is 9.97 Å². The highest BCUT2D eigenvalue weighted by Gasteiger charge is 2.44. The highest BCUT2D eigenvalue weighted by molar-refractivity contribution is 6.74. The van der Waals surface area contributed by atoms with Gasteiger partial charge in [-0.1, -0.05) is 34.6 Å². The molecule has 0 amide bonds. The van der Waals surface area contributed by atoms with E-state index in [4.69, 9.17) is 18.5 Å². The highest BCUT2D eigenvalue weighted by atomic mass is 28.4. The molecule has 0 spiro atoms. The van der Waals surface area contributed by atoms with Crippen molar-refractivity contribution in [3.8, 4) is 6.07 Å². The zero-order chi connectivity index (χ0) is 32.5. The zero-order valence-electron chi connectivity index (χ0n) is 26.8. The van der Waals surface area contributed by atoms with Crippen LogP contribution in [0.3, 0.4) is 0 Å². The number of nitrogens with zero attached hydrogens (tertiary/aromatic N) is 3. The van der Waals surface area contributed by atoms with Crippen LogP contribution in [0.1, 0.15) is 57.7 Å². The van der Waals surface area contributed by atoms with Crippen molar-refractivity contribution in [2.45, 2.75) is 84.9 Å². The fourth-order valence-electron chi connectivity index (χ4n) is 4.74. The number of hydrogen-bond acceptors (Lipinski definition) is 9. The minimum atomic E-state index is -4.70. The van der Waals surface area contributed by atoms with E-state index in [1.54, 1.807) is 12.3 Å². The lowest BCUT2D eigenvalue weighted by molar-refractivity contribution is -0.137. The third-order valence-electron chi connectivity index (χ3n) is 8.52. The molecule has 4 rings (SSSR count). The van der Waals surface area contributed by atoms with Crippen molar-refractivity contribution in [1.29, 1.82) is 5.26 Å². The van der Waals surface area contributed by atoms with Crippen LogP contribution in [0.2, 0.25) is 18.1 Å². The Balaban J connectivity index is 1.72. The van der Waals surface area contributed by atoms with Gasteiger partial charge in [0, 0.05) is 48.1 Å². The SMILES string of the molecule is Cc1cnc(Nc2cc(CO[Si](C)(C)C(C)(C)C)c(B3OCC(C)(C)CO3)c(C(F)(F)F)c2)nc1NC1COCCC1C#N. The Kier molecular flexibility index (Phi) is 10.1. The van der Waals surface area contributed by atoms with E-state index in [0.717, 1.165) is 11.6 Å². The molecule has 1 aromatic carbocycles. The molecule has 9 nitrogen and oxygen atoms in total. The first-order valence-electron chi connectivity index (χ1n) is 14.9. The van der Waals surface area contributed by atoms with Crippen LogP contribution < -0.4 is 16.1 Å². The summed E-state index contributed by atoms with van der Waals surface area (Å²) in [5.74, 6) is 0.320.